The van der Waals surface area contributed by atoms with Gasteiger partial charge in [-0.3, -0.25) is 0 Å². The largest absolute Gasteiger partial charge is 0.465 e. The Morgan fingerprint density at radius 2 is 2.13 bits per heavy atom. The third-order valence-corrected chi connectivity index (χ3v) is 1.65. The van der Waals surface area contributed by atoms with Gasteiger partial charge in [-0.1, -0.05) is 0 Å². The molecular weight excluding hydrogens is 208 g/mol. The van der Waals surface area contributed by atoms with E-state index >= 15 is 0 Å². The van der Waals surface area contributed by atoms with Crippen LogP contribution in [0.5, 0.6) is 5.75 Å². The van der Waals surface area contributed by atoms with Crippen LogP contribution < -0.4 is 10.5 Å². The van der Waals surface area contributed by atoms with E-state index in [1.54, 1.807) is 0 Å². The second-order valence-corrected chi connectivity index (χ2v) is 2.62. The van der Waals surface area contributed by atoms with Crippen molar-refractivity contribution in [3.63, 3.8) is 0 Å². The number of nitrogens with two attached hydrogens (primary N) is 1. The fourth-order valence-electron chi connectivity index (χ4n) is 0.977. The first-order valence-corrected chi connectivity index (χ1v) is 3.97. The van der Waals surface area contributed by atoms with Crippen molar-refractivity contribution in [1.29, 1.82) is 0 Å². The van der Waals surface area contributed by atoms with Crippen molar-refractivity contribution in [2.24, 2.45) is 0 Å². The van der Waals surface area contributed by atoms with Crippen LogP contribution in [0.3, 0.4) is 0 Å². The quantitative estimate of drug-likeness (QED) is 0.617. The lowest BCUT2D eigenvalue weighted by Crippen LogP contribution is -2.07. The number of methoxy groups -OCH3 is 1. The molecule has 0 aromatic heterocycles. The molecule has 0 saturated carbocycles. The van der Waals surface area contributed by atoms with Gasteiger partial charge in [0.15, 0.2) is 0 Å². The molecule has 4 nitrogen and oxygen atoms in total. The molecule has 0 radical (unpaired) electrons. The van der Waals surface area contributed by atoms with Gasteiger partial charge >= 0.3 is 12.6 Å². The second kappa shape index (κ2) is 4.59. The summed E-state index contributed by atoms with van der Waals surface area (Å²) in [5.41, 5.74) is 5.50. The summed E-state index contributed by atoms with van der Waals surface area (Å²) in [7, 11) is 1.19. The Hall–Kier alpha value is -1.85. The van der Waals surface area contributed by atoms with Gasteiger partial charge in [-0.2, -0.15) is 8.78 Å². The van der Waals surface area contributed by atoms with Crippen LogP contribution in [-0.2, 0) is 4.74 Å². The van der Waals surface area contributed by atoms with E-state index in [-0.39, 0.29) is 17.0 Å². The van der Waals surface area contributed by atoms with Crippen molar-refractivity contribution in [2.75, 3.05) is 12.8 Å². The van der Waals surface area contributed by atoms with Crippen molar-refractivity contribution < 1.29 is 23.0 Å². The number of esters is 1. The SMILES string of the molecule is COC(=O)c1ccc(N)c(OC(F)F)c1. The molecule has 0 fully saturated rings. The van der Waals surface area contributed by atoms with Gasteiger partial charge in [0.05, 0.1) is 18.4 Å². The zero-order chi connectivity index (χ0) is 11.4. The predicted molar refractivity (Wildman–Crippen MR) is 48.8 cm³/mol. The van der Waals surface area contributed by atoms with Gasteiger partial charge in [0, 0.05) is 0 Å². The molecule has 0 amide bonds. The van der Waals surface area contributed by atoms with Crippen molar-refractivity contribution in [1.82, 2.24) is 0 Å². The molecule has 0 heterocycles. The maximum Gasteiger partial charge on any atom is 0.387 e. The number of anilines is 1. The highest BCUT2D eigenvalue weighted by Crippen LogP contribution is 2.24. The molecule has 1 aromatic rings. The zero-order valence-corrected chi connectivity index (χ0v) is 7.87. The monoisotopic (exact) mass is 217 g/mol. The molecule has 0 unspecified atom stereocenters. The molecule has 0 aliphatic heterocycles. The van der Waals surface area contributed by atoms with Crippen LogP contribution in [0.2, 0.25) is 0 Å². The lowest BCUT2D eigenvalue weighted by Gasteiger charge is -2.08. The molecule has 0 bridgehead atoms. The number of nitrogen functional groups attached to an aromatic ring is 1. The highest BCUT2D eigenvalue weighted by molar-refractivity contribution is 5.90. The van der Waals surface area contributed by atoms with Gasteiger partial charge in [-0.05, 0) is 18.2 Å². The Kier molecular flexibility index (Phi) is 3.43. The number of carbonyl (C=O) groups excluding carboxylic acids is 1. The maximum absolute atomic E-state index is 11.9. The van der Waals surface area contributed by atoms with Crippen LogP contribution in [-0.4, -0.2) is 19.7 Å². The molecule has 6 heteroatoms. The van der Waals surface area contributed by atoms with E-state index in [1.807, 2.05) is 0 Å². The van der Waals surface area contributed by atoms with E-state index in [9.17, 15) is 13.6 Å². The average Bonchev–Trinajstić information content (AvgIpc) is 2.19. The smallest absolute Gasteiger partial charge is 0.387 e. The van der Waals surface area contributed by atoms with E-state index in [0.29, 0.717) is 0 Å². The van der Waals surface area contributed by atoms with E-state index in [2.05, 4.69) is 9.47 Å². The molecule has 82 valence electrons. The van der Waals surface area contributed by atoms with E-state index < -0.39 is 12.6 Å². The van der Waals surface area contributed by atoms with Gasteiger partial charge in [0.1, 0.15) is 5.75 Å². The molecule has 15 heavy (non-hydrogen) atoms. The summed E-state index contributed by atoms with van der Waals surface area (Å²) in [6.07, 6.45) is 0. The topological polar surface area (TPSA) is 61.5 Å². The van der Waals surface area contributed by atoms with Crippen LogP contribution in [0.25, 0.3) is 0 Å². The molecule has 1 aromatic carbocycles. The Bertz CT molecular complexity index is 368. The van der Waals surface area contributed by atoms with E-state index in [0.717, 1.165) is 6.07 Å². The first-order chi connectivity index (χ1) is 7.04. The number of hydrogen-bond acceptors (Lipinski definition) is 4. The van der Waals surface area contributed by atoms with Crippen LogP contribution in [0.1, 0.15) is 10.4 Å². The van der Waals surface area contributed by atoms with Gasteiger partial charge in [0.25, 0.3) is 0 Å². The van der Waals surface area contributed by atoms with Crippen molar-refractivity contribution in [3.8, 4) is 5.75 Å². The number of rotatable bonds is 3. The van der Waals surface area contributed by atoms with Crippen molar-refractivity contribution in [2.45, 2.75) is 6.61 Å². The summed E-state index contributed by atoms with van der Waals surface area (Å²) in [5.74, 6) is -0.887. The Morgan fingerprint density at radius 3 is 2.67 bits per heavy atom. The third kappa shape index (κ3) is 2.80. The minimum atomic E-state index is -2.99. The van der Waals surface area contributed by atoms with Gasteiger partial charge in [0.2, 0.25) is 0 Å². The summed E-state index contributed by atoms with van der Waals surface area (Å²) in [6.45, 7) is -2.99. The zero-order valence-electron chi connectivity index (χ0n) is 7.87. The van der Waals surface area contributed by atoms with Crippen molar-refractivity contribution >= 4 is 11.7 Å². The van der Waals surface area contributed by atoms with Crippen LogP contribution in [0.4, 0.5) is 14.5 Å². The summed E-state index contributed by atoms with van der Waals surface area (Å²) in [4.78, 5) is 11.1. The summed E-state index contributed by atoms with van der Waals surface area (Å²) >= 11 is 0. The Morgan fingerprint density at radius 1 is 1.47 bits per heavy atom. The molecule has 0 spiro atoms. The minimum Gasteiger partial charge on any atom is -0.465 e. The summed E-state index contributed by atoms with van der Waals surface area (Å²) in [6, 6.07) is 3.76. The fourth-order valence-corrected chi connectivity index (χ4v) is 0.977. The lowest BCUT2D eigenvalue weighted by atomic mass is 10.2. The van der Waals surface area contributed by atoms with Crippen LogP contribution in [0.15, 0.2) is 18.2 Å². The average molecular weight is 217 g/mol. The molecule has 2 N–H and O–H groups in total. The second-order valence-electron chi connectivity index (χ2n) is 2.62. The minimum absolute atomic E-state index is 0.0305. The Balaban J connectivity index is 2.99. The predicted octanol–water partition coefficient (Wildman–Crippen LogP) is 1.66. The molecular formula is C9H9F2NO3. The van der Waals surface area contributed by atoms with Crippen LogP contribution >= 0.6 is 0 Å². The summed E-state index contributed by atoms with van der Waals surface area (Å²) in [5, 5.41) is 0. The molecule has 0 aliphatic rings. The van der Waals surface area contributed by atoms with Gasteiger partial charge in [-0.25, -0.2) is 4.79 Å². The molecule has 0 aliphatic carbocycles. The highest BCUT2D eigenvalue weighted by atomic mass is 19.3. The van der Waals surface area contributed by atoms with Gasteiger partial charge < -0.3 is 15.2 Å². The standard InChI is InChI=1S/C9H9F2NO3/c1-14-8(13)5-2-3-6(12)7(4-5)15-9(10)11/h2-4,9H,12H2,1H3. The number of benzene rings is 1. The first kappa shape index (κ1) is 11.2. The third-order valence-electron chi connectivity index (χ3n) is 1.65. The fraction of sp³-hybridized carbons (Fsp3) is 0.222. The lowest BCUT2D eigenvalue weighted by molar-refractivity contribution is -0.0494. The molecule has 0 atom stereocenters. The number of alkyl halides is 2. The maximum atomic E-state index is 11.9. The van der Waals surface area contributed by atoms with Crippen molar-refractivity contribution in [3.05, 3.63) is 23.8 Å². The summed E-state index contributed by atoms with van der Waals surface area (Å²) < 4.78 is 32.4. The van der Waals surface area contributed by atoms with E-state index in [4.69, 9.17) is 5.73 Å². The molecule has 0 saturated heterocycles. The number of hydrogen-bond donors (Lipinski definition) is 1. The highest BCUT2D eigenvalue weighted by Gasteiger charge is 2.12. The number of halogens is 2. The number of ether oxygens (including phenoxy) is 2. The first-order valence-electron chi connectivity index (χ1n) is 3.97. The van der Waals surface area contributed by atoms with Gasteiger partial charge in [-0.15, -0.1) is 0 Å². The van der Waals surface area contributed by atoms with Crippen LogP contribution in [0, 0.1) is 0 Å². The normalized spacial score (nSPS) is 10.1. The number of carbonyl (C=O) groups is 1. The van der Waals surface area contributed by atoms with E-state index in [1.165, 1.54) is 19.2 Å². The Labute approximate surface area is 84.6 Å². The molecule has 1 rings (SSSR count).